The maximum absolute atomic E-state index is 6.28. The summed E-state index contributed by atoms with van der Waals surface area (Å²) >= 11 is 12.6. The van der Waals surface area contributed by atoms with Crippen molar-refractivity contribution >= 4 is 23.2 Å². The Bertz CT molecular complexity index is 378. The molecule has 1 rings (SSSR count). The quantitative estimate of drug-likeness (QED) is 0.711. The highest BCUT2D eigenvalue weighted by Gasteiger charge is 2.22. The largest absolute Gasteiger partial charge is 0.380 e. The highest BCUT2D eigenvalue weighted by Crippen LogP contribution is 2.27. The van der Waals surface area contributed by atoms with Crippen molar-refractivity contribution in [3.8, 4) is 0 Å². The minimum Gasteiger partial charge on any atom is -0.380 e. The van der Waals surface area contributed by atoms with Gasteiger partial charge in [-0.3, -0.25) is 0 Å². The number of hydrogen-bond donors (Lipinski definition) is 1. The maximum Gasteiger partial charge on any atom is 0.0727 e. The lowest BCUT2D eigenvalue weighted by Gasteiger charge is -2.27. The fourth-order valence-electron chi connectivity index (χ4n) is 2.38. The predicted molar refractivity (Wildman–Crippen MR) is 88.0 cm³/mol. The Morgan fingerprint density at radius 1 is 1.15 bits per heavy atom. The van der Waals surface area contributed by atoms with E-state index < -0.39 is 0 Å². The zero-order valence-corrected chi connectivity index (χ0v) is 14.1. The number of rotatable bonds is 9. The molecule has 0 aliphatic rings. The molecule has 1 aromatic carbocycles. The molecule has 0 saturated carbocycles. The van der Waals surface area contributed by atoms with Crippen LogP contribution >= 0.6 is 23.2 Å². The lowest BCUT2D eigenvalue weighted by Crippen LogP contribution is -2.43. The number of halogens is 2. The third kappa shape index (κ3) is 5.25. The Hall–Kier alpha value is -0.280. The summed E-state index contributed by atoms with van der Waals surface area (Å²) in [5.74, 6) is 0. The van der Waals surface area contributed by atoms with Crippen LogP contribution in [0.3, 0.4) is 0 Å². The van der Waals surface area contributed by atoms with Gasteiger partial charge in [0.15, 0.2) is 0 Å². The van der Waals surface area contributed by atoms with Crippen LogP contribution < -0.4 is 5.32 Å². The van der Waals surface area contributed by atoms with Gasteiger partial charge in [-0.2, -0.15) is 0 Å². The maximum atomic E-state index is 6.28. The normalized spacial score (nSPS) is 14.2. The van der Waals surface area contributed by atoms with Gasteiger partial charge in [0.1, 0.15) is 0 Å². The molecule has 0 saturated heterocycles. The summed E-state index contributed by atoms with van der Waals surface area (Å²) in [5.41, 5.74) is 1.00. The second-order valence-electron chi connectivity index (χ2n) is 5.03. The van der Waals surface area contributed by atoms with Gasteiger partial charge in [0, 0.05) is 23.2 Å². The molecule has 2 unspecified atom stereocenters. The third-order valence-corrected chi connectivity index (χ3v) is 4.18. The highest BCUT2D eigenvalue weighted by molar-refractivity contribution is 6.36. The molecule has 114 valence electrons. The summed E-state index contributed by atoms with van der Waals surface area (Å²) in [6, 6.07) is 5.89. The molecule has 0 radical (unpaired) electrons. The first-order chi connectivity index (χ1) is 9.63. The molecular formula is C16H25Cl2NO. The molecule has 0 aromatic heterocycles. The van der Waals surface area contributed by atoms with E-state index in [4.69, 9.17) is 27.9 Å². The average Bonchev–Trinajstić information content (AvgIpc) is 2.44. The highest BCUT2D eigenvalue weighted by atomic mass is 35.5. The van der Waals surface area contributed by atoms with Crippen LogP contribution in [0.15, 0.2) is 18.2 Å². The lowest BCUT2D eigenvalue weighted by atomic mass is 9.98. The molecule has 1 N–H and O–H groups in total. The van der Waals surface area contributed by atoms with Crippen molar-refractivity contribution in [1.29, 1.82) is 0 Å². The molecule has 2 nitrogen and oxygen atoms in total. The number of nitrogens with one attached hydrogen (secondary N) is 1. The van der Waals surface area contributed by atoms with Crippen molar-refractivity contribution < 1.29 is 4.74 Å². The summed E-state index contributed by atoms with van der Waals surface area (Å²) in [4.78, 5) is 0. The van der Waals surface area contributed by atoms with E-state index in [-0.39, 0.29) is 12.1 Å². The average molecular weight is 318 g/mol. The number of hydrogen-bond acceptors (Lipinski definition) is 2. The molecule has 0 fully saturated rings. The molecule has 0 aliphatic heterocycles. The summed E-state index contributed by atoms with van der Waals surface area (Å²) < 4.78 is 5.65. The minimum atomic E-state index is 0.180. The summed E-state index contributed by atoms with van der Waals surface area (Å²) in [7, 11) is 1.77. The minimum absolute atomic E-state index is 0.180. The second kappa shape index (κ2) is 9.62. The lowest BCUT2D eigenvalue weighted by molar-refractivity contribution is 0.0609. The molecule has 0 amide bonds. The van der Waals surface area contributed by atoms with Crippen molar-refractivity contribution in [2.24, 2.45) is 0 Å². The van der Waals surface area contributed by atoms with E-state index in [9.17, 15) is 0 Å². The van der Waals surface area contributed by atoms with Gasteiger partial charge in [-0.05, 0) is 43.5 Å². The summed E-state index contributed by atoms with van der Waals surface area (Å²) in [5, 5.41) is 5.02. The molecule has 2 atom stereocenters. The van der Waals surface area contributed by atoms with E-state index in [1.54, 1.807) is 7.11 Å². The van der Waals surface area contributed by atoms with E-state index >= 15 is 0 Å². The molecule has 0 heterocycles. The van der Waals surface area contributed by atoms with E-state index in [2.05, 4.69) is 19.2 Å². The molecule has 0 spiro atoms. The summed E-state index contributed by atoms with van der Waals surface area (Å²) in [6.45, 7) is 5.30. The number of methoxy groups -OCH3 is 1. The van der Waals surface area contributed by atoms with Crippen LogP contribution in [0.4, 0.5) is 0 Å². The van der Waals surface area contributed by atoms with Crippen molar-refractivity contribution in [2.45, 2.75) is 51.7 Å². The van der Waals surface area contributed by atoms with Gasteiger partial charge in [0.25, 0.3) is 0 Å². The van der Waals surface area contributed by atoms with E-state index in [1.807, 2.05) is 18.2 Å². The first kappa shape index (κ1) is 17.8. The van der Waals surface area contributed by atoms with Crippen LogP contribution in [0, 0.1) is 0 Å². The van der Waals surface area contributed by atoms with Gasteiger partial charge >= 0.3 is 0 Å². The smallest absolute Gasteiger partial charge is 0.0727 e. The first-order valence-corrected chi connectivity index (χ1v) is 8.08. The Morgan fingerprint density at radius 2 is 1.80 bits per heavy atom. The van der Waals surface area contributed by atoms with Gasteiger partial charge in [0.2, 0.25) is 0 Å². The van der Waals surface area contributed by atoms with E-state index in [1.165, 1.54) is 0 Å². The number of benzene rings is 1. The predicted octanol–water partition coefficient (Wildman–Crippen LogP) is 4.72. The molecule has 20 heavy (non-hydrogen) atoms. The Morgan fingerprint density at radius 3 is 2.30 bits per heavy atom. The molecule has 1 aromatic rings. The Balaban J connectivity index is 2.87. The molecule has 0 bridgehead atoms. The second-order valence-corrected chi connectivity index (χ2v) is 5.84. The van der Waals surface area contributed by atoms with Crippen LogP contribution in [-0.4, -0.2) is 25.8 Å². The standard InChI is InChI=1S/C16H25Cl2NO/c1-4-7-16(20-3)15(19-10-5-2)11-12-13(17)8-6-9-14(12)18/h6,8-9,15-16,19H,4-5,7,10-11H2,1-3H3. The van der Waals surface area contributed by atoms with E-state index in [0.29, 0.717) is 0 Å². The molecule has 4 heteroatoms. The zero-order chi connectivity index (χ0) is 15.0. The summed E-state index contributed by atoms with van der Waals surface area (Å²) in [6.07, 6.45) is 4.18. The van der Waals surface area contributed by atoms with Crippen LogP contribution in [0.1, 0.15) is 38.7 Å². The zero-order valence-electron chi connectivity index (χ0n) is 12.6. The molecule has 0 aliphatic carbocycles. The van der Waals surface area contributed by atoms with Gasteiger partial charge in [-0.25, -0.2) is 0 Å². The fraction of sp³-hybridized carbons (Fsp3) is 0.625. The van der Waals surface area contributed by atoms with Crippen LogP contribution in [0.2, 0.25) is 10.0 Å². The fourth-order valence-corrected chi connectivity index (χ4v) is 2.93. The molecular weight excluding hydrogens is 293 g/mol. The van der Waals surface area contributed by atoms with Gasteiger partial charge in [-0.15, -0.1) is 0 Å². The monoisotopic (exact) mass is 317 g/mol. The van der Waals surface area contributed by atoms with Gasteiger partial charge < -0.3 is 10.1 Å². The third-order valence-electron chi connectivity index (χ3n) is 3.47. The van der Waals surface area contributed by atoms with Crippen molar-refractivity contribution in [1.82, 2.24) is 5.32 Å². The Kier molecular flexibility index (Phi) is 8.55. The number of ether oxygens (including phenoxy) is 1. The van der Waals surface area contributed by atoms with Gasteiger partial charge in [0.05, 0.1) is 6.10 Å². The van der Waals surface area contributed by atoms with Crippen molar-refractivity contribution in [3.05, 3.63) is 33.8 Å². The first-order valence-electron chi connectivity index (χ1n) is 7.33. The SMILES string of the molecule is CCCNC(Cc1c(Cl)cccc1Cl)C(CCC)OC. The van der Waals surface area contributed by atoms with Crippen LogP contribution in [0.5, 0.6) is 0 Å². The van der Waals surface area contributed by atoms with Gasteiger partial charge in [-0.1, -0.05) is 49.5 Å². The van der Waals surface area contributed by atoms with Crippen molar-refractivity contribution in [2.75, 3.05) is 13.7 Å². The van der Waals surface area contributed by atoms with Crippen LogP contribution in [0.25, 0.3) is 0 Å². The van der Waals surface area contributed by atoms with Crippen LogP contribution in [-0.2, 0) is 11.2 Å². The van der Waals surface area contributed by atoms with E-state index in [0.717, 1.165) is 47.8 Å². The topological polar surface area (TPSA) is 21.3 Å². The Labute approximate surface area is 132 Å². The van der Waals surface area contributed by atoms with Crippen molar-refractivity contribution in [3.63, 3.8) is 0 Å².